The third kappa shape index (κ3) is 4.07. The van der Waals surface area contributed by atoms with Crippen LogP contribution in [-0.4, -0.2) is 27.7 Å². The molecule has 2 aromatic carbocycles. The maximum atomic E-state index is 13.4. The molecule has 4 rings (SSSR count). The van der Waals surface area contributed by atoms with Crippen LogP contribution >= 0.6 is 11.6 Å². The zero-order valence-electron chi connectivity index (χ0n) is 16.6. The molecule has 0 saturated heterocycles. The number of carbonyl (C=O) groups excluding carboxylic acids is 2. The second-order valence-electron chi connectivity index (χ2n) is 7.39. The fourth-order valence-corrected chi connectivity index (χ4v) is 3.99. The lowest BCUT2D eigenvalue weighted by molar-refractivity contribution is -0.126. The van der Waals surface area contributed by atoms with E-state index in [1.807, 2.05) is 49.4 Å². The van der Waals surface area contributed by atoms with E-state index in [0.717, 1.165) is 16.8 Å². The van der Waals surface area contributed by atoms with E-state index in [4.69, 9.17) is 11.6 Å². The second-order valence-corrected chi connectivity index (χ2v) is 7.79. The molecule has 0 fully saturated rings. The quantitative estimate of drug-likeness (QED) is 0.690. The first kappa shape index (κ1) is 20.1. The van der Waals surface area contributed by atoms with Crippen molar-refractivity contribution in [3.05, 3.63) is 100 Å². The number of nitrogens with zero attached hydrogens (tertiary/aromatic N) is 2. The molecule has 2 unspecified atom stereocenters. The minimum absolute atomic E-state index is 0.206. The third-order valence-corrected chi connectivity index (χ3v) is 5.74. The van der Waals surface area contributed by atoms with Gasteiger partial charge in [-0.3, -0.25) is 14.6 Å². The number of carbonyl (C=O) groups is 2. The molecule has 152 valence electrons. The first-order chi connectivity index (χ1) is 14.5. The lowest BCUT2D eigenvalue weighted by atomic mass is 9.92. The predicted molar refractivity (Wildman–Crippen MR) is 116 cm³/mol. The molecule has 2 heterocycles. The van der Waals surface area contributed by atoms with E-state index >= 15 is 0 Å². The van der Waals surface area contributed by atoms with Gasteiger partial charge in [0.1, 0.15) is 6.04 Å². The summed E-state index contributed by atoms with van der Waals surface area (Å²) in [6.07, 6.45) is 2.15. The Labute approximate surface area is 180 Å². The van der Waals surface area contributed by atoms with Gasteiger partial charge in [-0.1, -0.05) is 54.1 Å². The molecule has 0 bridgehead atoms. The van der Waals surface area contributed by atoms with Gasteiger partial charge < -0.3 is 10.2 Å². The SMILES string of the molecule is CC(NC(=O)C1Cc2ccccc2CN1C(=O)c1ccccc1Cl)c1ccccn1. The highest BCUT2D eigenvalue weighted by Gasteiger charge is 2.36. The molecule has 0 saturated carbocycles. The maximum absolute atomic E-state index is 13.4. The summed E-state index contributed by atoms with van der Waals surface area (Å²) in [5.74, 6) is -0.455. The first-order valence-electron chi connectivity index (χ1n) is 9.88. The van der Waals surface area contributed by atoms with Crippen LogP contribution in [0.3, 0.4) is 0 Å². The van der Waals surface area contributed by atoms with Gasteiger partial charge in [0, 0.05) is 19.2 Å². The highest BCUT2D eigenvalue weighted by atomic mass is 35.5. The van der Waals surface area contributed by atoms with E-state index < -0.39 is 6.04 Å². The summed E-state index contributed by atoms with van der Waals surface area (Å²) in [5, 5.41) is 3.40. The van der Waals surface area contributed by atoms with Crippen LogP contribution in [0.1, 0.15) is 40.1 Å². The zero-order chi connectivity index (χ0) is 21.1. The smallest absolute Gasteiger partial charge is 0.256 e. The number of amides is 2. The Bertz CT molecular complexity index is 1070. The molecule has 0 radical (unpaired) electrons. The van der Waals surface area contributed by atoms with Crippen LogP contribution in [0.5, 0.6) is 0 Å². The highest BCUT2D eigenvalue weighted by Crippen LogP contribution is 2.27. The number of aromatic nitrogens is 1. The number of fused-ring (bicyclic) bond motifs is 1. The number of hydrogen-bond donors (Lipinski definition) is 1. The van der Waals surface area contributed by atoms with E-state index in [1.54, 1.807) is 35.4 Å². The Balaban J connectivity index is 1.63. The standard InChI is InChI=1S/C24H22ClN3O2/c1-16(21-12-6-7-13-26-21)27-23(29)22-14-17-8-2-3-9-18(17)15-28(22)24(30)19-10-4-5-11-20(19)25/h2-13,16,22H,14-15H2,1H3,(H,27,29). The van der Waals surface area contributed by atoms with Crippen molar-refractivity contribution in [3.8, 4) is 0 Å². The molecule has 0 aliphatic carbocycles. The van der Waals surface area contributed by atoms with Crippen LogP contribution in [0.4, 0.5) is 0 Å². The Morgan fingerprint density at radius 1 is 1.03 bits per heavy atom. The number of nitrogens with one attached hydrogen (secondary N) is 1. The number of pyridine rings is 1. The van der Waals surface area contributed by atoms with E-state index in [9.17, 15) is 9.59 Å². The summed E-state index contributed by atoms with van der Waals surface area (Å²) in [5.41, 5.74) is 3.28. The van der Waals surface area contributed by atoms with Crippen LogP contribution in [-0.2, 0) is 17.8 Å². The molecular formula is C24H22ClN3O2. The Morgan fingerprint density at radius 3 is 2.47 bits per heavy atom. The fourth-order valence-electron chi connectivity index (χ4n) is 3.78. The number of halogens is 1. The Morgan fingerprint density at radius 2 is 1.73 bits per heavy atom. The van der Waals surface area contributed by atoms with Gasteiger partial charge in [-0.25, -0.2) is 0 Å². The second kappa shape index (κ2) is 8.67. The highest BCUT2D eigenvalue weighted by molar-refractivity contribution is 6.33. The minimum Gasteiger partial charge on any atom is -0.346 e. The molecule has 30 heavy (non-hydrogen) atoms. The van der Waals surface area contributed by atoms with Crippen LogP contribution in [0, 0.1) is 0 Å². The molecule has 1 aliphatic rings. The summed E-state index contributed by atoms with van der Waals surface area (Å²) >= 11 is 6.27. The van der Waals surface area contributed by atoms with Gasteiger partial charge in [-0.15, -0.1) is 0 Å². The molecule has 6 heteroatoms. The first-order valence-corrected chi connectivity index (χ1v) is 10.3. The van der Waals surface area contributed by atoms with Gasteiger partial charge in [0.05, 0.1) is 22.3 Å². The molecule has 2 amide bonds. The molecule has 2 atom stereocenters. The summed E-state index contributed by atoms with van der Waals surface area (Å²) < 4.78 is 0. The average Bonchev–Trinajstić information content (AvgIpc) is 2.78. The molecule has 3 aromatic rings. The molecular weight excluding hydrogens is 398 g/mol. The number of hydrogen-bond acceptors (Lipinski definition) is 3. The van der Waals surface area contributed by atoms with E-state index in [2.05, 4.69) is 10.3 Å². The molecule has 1 N–H and O–H groups in total. The van der Waals surface area contributed by atoms with Gasteiger partial charge in [-0.2, -0.15) is 0 Å². The van der Waals surface area contributed by atoms with Gasteiger partial charge in [-0.05, 0) is 42.3 Å². The molecule has 1 aliphatic heterocycles. The van der Waals surface area contributed by atoms with E-state index in [-0.39, 0.29) is 17.9 Å². The molecule has 1 aromatic heterocycles. The number of benzene rings is 2. The topological polar surface area (TPSA) is 62.3 Å². The van der Waals surface area contributed by atoms with Crippen LogP contribution in [0.2, 0.25) is 5.02 Å². The largest absolute Gasteiger partial charge is 0.346 e. The third-order valence-electron chi connectivity index (χ3n) is 5.41. The van der Waals surface area contributed by atoms with E-state index in [1.165, 1.54) is 0 Å². The van der Waals surface area contributed by atoms with Crippen molar-refractivity contribution in [2.75, 3.05) is 0 Å². The maximum Gasteiger partial charge on any atom is 0.256 e. The number of rotatable bonds is 4. The van der Waals surface area contributed by atoms with Gasteiger partial charge in [0.2, 0.25) is 5.91 Å². The summed E-state index contributed by atoms with van der Waals surface area (Å²) in [6.45, 7) is 2.24. The van der Waals surface area contributed by atoms with Crippen LogP contribution in [0.15, 0.2) is 72.9 Å². The van der Waals surface area contributed by atoms with Crippen molar-refractivity contribution in [3.63, 3.8) is 0 Å². The average molecular weight is 420 g/mol. The zero-order valence-corrected chi connectivity index (χ0v) is 17.3. The van der Waals surface area contributed by atoms with Crippen molar-refractivity contribution in [2.24, 2.45) is 0 Å². The molecule has 0 spiro atoms. The van der Waals surface area contributed by atoms with Gasteiger partial charge >= 0.3 is 0 Å². The van der Waals surface area contributed by atoms with Crippen LogP contribution in [0.25, 0.3) is 0 Å². The Hall–Kier alpha value is -3.18. The van der Waals surface area contributed by atoms with Crippen molar-refractivity contribution < 1.29 is 9.59 Å². The minimum atomic E-state index is -0.630. The lowest BCUT2D eigenvalue weighted by Gasteiger charge is -2.36. The predicted octanol–water partition coefficient (Wildman–Crippen LogP) is 4.18. The fraction of sp³-hybridized carbons (Fsp3) is 0.208. The van der Waals surface area contributed by atoms with Crippen molar-refractivity contribution in [1.82, 2.24) is 15.2 Å². The summed E-state index contributed by atoms with van der Waals surface area (Å²) in [7, 11) is 0. The van der Waals surface area contributed by atoms with Crippen LogP contribution < -0.4 is 5.32 Å². The van der Waals surface area contributed by atoms with Gasteiger partial charge in [0.25, 0.3) is 5.91 Å². The van der Waals surface area contributed by atoms with Gasteiger partial charge in [0.15, 0.2) is 0 Å². The summed E-state index contributed by atoms with van der Waals surface area (Å²) in [4.78, 5) is 32.5. The summed E-state index contributed by atoms with van der Waals surface area (Å²) in [6, 6.07) is 19.5. The lowest BCUT2D eigenvalue weighted by Crippen LogP contribution is -2.53. The monoisotopic (exact) mass is 419 g/mol. The molecule has 5 nitrogen and oxygen atoms in total. The van der Waals surface area contributed by atoms with Crippen molar-refractivity contribution in [2.45, 2.75) is 32.0 Å². The normalized spacial score (nSPS) is 16.5. The van der Waals surface area contributed by atoms with E-state index in [0.29, 0.717) is 23.6 Å². The Kier molecular flexibility index (Phi) is 5.81. The van der Waals surface area contributed by atoms with Crippen molar-refractivity contribution in [1.29, 1.82) is 0 Å². The van der Waals surface area contributed by atoms with Crippen molar-refractivity contribution >= 4 is 23.4 Å².